The van der Waals surface area contributed by atoms with E-state index in [-0.39, 0.29) is 11.3 Å². The Bertz CT molecular complexity index is 421. The number of benzene rings is 1. The molecule has 1 amide bonds. The zero-order chi connectivity index (χ0) is 13.1. The highest BCUT2D eigenvalue weighted by atomic mass is 79.9. The monoisotopic (exact) mass is 381 g/mol. The number of hydrogen-bond donors (Lipinski definition) is 1. The molecule has 1 N–H and O–H groups in total. The number of hydrogen-bond acceptors (Lipinski definition) is 1. The first-order valence-corrected chi connectivity index (χ1v) is 7.44. The van der Waals surface area contributed by atoms with Crippen LogP contribution in [-0.2, 0) is 0 Å². The fraction of sp³-hybridized carbons (Fsp3) is 0.417. The minimum Gasteiger partial charge on any atom is -0.351 e. The fourth-order valence-electron chi connectivity index (χ4n) is 1.11. The van der Waals surface area contributed by atoms with Gasteiger partial charge in [0.15, 0.2) is 0 Å². The third kappa shape index (κ3) is 4.60. The molecule has 0 radical (unpaired) electrons. The number of halogens is 3. The maximum Gasteiger partial charge on any atom is 0.251 e. The van der Waals surface area contributed by atoms with Gasteiger partial charge in [-0.2, -0.15) is 0 Å². The van der Waals surface area contributed by atoms with Crippen LogP contribution in [0.25, 0.3) is 0 Å². The number of carbonyl (C=O) groups is 1. The van der Waals surface area contributed by atoms with Crippen molar-refractivity contribution in [2.24, 2.45) is 5.41 Å². The van der Waals surface area contributed by atoms with E-state index in [4.69, 9.17) is 11.6 Å². The van der Waals surface area contributed by atoms with E-state index in [9.17, 15) is 4.79 Å². The van der Waals surface area contributed by atoms with Crippen molar-refractivity contribution in [3.63, 3.8) is 0 Å². The average molecular weight is 384 g/mol. The van der Waals surface area contributed by atoms with E-state index in [0.29, 0.717) is 17.1 Å². The van der Waals surface area contributed by atoms with Crippen LogP contribution in [-0.4, -0.2) is 17.8 Å². The summed E-state index contributed by atoms with van der Waals surface area (Å²) in [5, 5.41) is 4.34. The van der Waals surface area contributed by atoms with Gasteiger partial charge in [-0.1, -0.05) is 41.4 Å². The van der Waals surface area contributed by atoms with E-state index in [1.807, 2.05) is 0 Å². The lowest BCUT2D eigenvalue weighted by atomic mass is 9.97. The van der Waals surface area contributed by atoms with Gasteiger partial charge in [0, 0.05) is 21.9 Å². The van der Waals surface area contributed by atoms with Crippen molar-refractivity contribution in [1.82, 2.24) is 5.32 Å². The molecule has 0 spiro atoms. The summed E-state index contributed by atoms with van der Waals surface area (Å²) in [4.78, 5) is 11.9. The van der Waals surface area contributed by atoms with Crippen molar-refractivity contribution in [2.75, 3.05) is 11.9 Å². The molecule has 17 heavy (non-hydrogen) atoms. The third-order valence-electron chi connectivity index (χ3n) is 2.27. The van der Waals surface area contributed by atoms with Gasteiger partial charge in [-0.05, 0) is 39.5 Å². The summed E-state index contributed by atoms with van der Waals surface area (Å²) >= 11 is 12.6. The quantitative estimate of drug-likeness (QED) is 0.774. The molecule has 0 aromatic heterocycles. The lowest BCUT2D eigenvalue weighted by Gasteiger charge is -2.21. The molecule has 2 nitrogen and oxygen atoms in total. The molecule has 5 heteroatoms. The van der Waals surface area contributed by atoms with Gasteiger partial charge in [0.1, 0.15) is 0 Å². The second kappa shape index (κ2) is 6.21. The van der Waals surface area contributed by atoms with Gasteiger partial charge in [0.05, 0.1) is 5.02 Å². The number of nitrogens with one attached hydrogen (secondary N) is 1. The van der Waals surface area contributed by atoms with Crippen molar-refractivity contribution in [3.05, 3.63) is 33.3 Å². The highest BCUT2D eigenvalue weighted by Crippen LogP contribution is 2.23. The molecule has 1 aromatic rings. The van der Waals surface area contributed by atoms with Gasteiger partial charge in [-0.15, -0.1) is 0 Å². The van der Waals surface area contributed by atoms with Gasteiger partial charge in [0.2, 0.25) is 0 Å². The van der Waals surface area contributed by atoms with E-state index >= 15 is 0 Å². The Labute approximate surface area is 123 Å². The minimum atomic E-state index is -0.0867. The van der Waals surface area contributed by atoms with Crippen molar-refractivity contribution in [3.8, 4) is 0 Å². The van der Waals surface area contributed by atoms with Crippen LogP contribution in [0.1, 0.15) is 24.2 Å². The van der Waals surface area contributed by atoms with E-state index in [0.717, 1.165) is 9.80 Å². The normalized spacial score (nSPS) is 11.4. The third-order valence-corrected chi connectivity index (χ3v) is 5.00. The lowest BCUT2D eigenvalue weighted by molar-refractivity contribution is 0.0940. The molecule has 0 aliphatic heterocycles. The van der Waals surface area contributed by atoms with E-state index in [2.05, 4.69) is 51.0 Å². The molecule has 94 valence electrons. The molecule has 0 atom stereocenters. The molecule has 1 aromatic carbocycles. The second-order valence-corrected chi connectivity index (χ2v) is 6.43. The summed E-state index contributed by atoms with van der Waals surface area (Å²) in [6, 6.07) is 5.14. The first-order chi connectivity index (χ1) is 7.85. The van der Waals surface area contributed by atoms with Crippen LogP contribution in [0.15, 0.2) is 22.7 Å². The number of rotatable bonds is 4. The molecule has 0 bridgehead atoms. The smallest absolute Gasteiger partial charge is 0.251 e. The zero-order valence-electron chi connectivity index (χ0n) is 9.69. The first-order valence-electron chi connectivity index (χ1n) is 5.15. The van der Waals surface area contributed by atoms with Crippen LogP contribution < -0.4 is 5.32 Å². The first kappa shape index (κ1) is 15.0. The highest BCUT2D eigenvalue weighted by molar-refractivity contribution is 9.10. The van der Waals surface area contributed by atoms with Crippen LogP contribution in [0.3, 0.4) is 0 Å². The van der Waals surface area contributed by atoms with Crippen molar-refractivity contribution in [1.29, 1.82) is 0 Å². The van der Waals surface area contributed by atoms with E-state index in [1.165, 1.54) is 0 Å². The lowest BCUT2D eigenvalue weighted by Crippen LogP contribution is -2.34. The van der Waals surface area contributed by atoms with Crippen molar-refractivity contribution < 1.29 is 4.79 Å². The van der Waals surface area contributed by atoms with Gasteiger partial charge >= 0.3 is 0 Å². The fourth-order valence-corrected chi connectivity index (χ4v) is 1.80. The van der Waals surface area contributed by atoms with Gasteiger partial charge in [-0.25, -0.2) is 0 Å². The molecular weight excluding hydrogens is 369 g/mol. The summed E-state index contributed by atoms with van der Waals surface area (Å²) in [7, 11) is 0. The van der Waals surface area contributed by atoms with Gasteiger partial charge in [0.25, 0.3) is 5.91 Å². The predicted molar refractivity (Wildman–Crippen MR) is 79.1 cm³/mol. The highest BCUT2D eigenvalue weighted by Gasteiger charge is 2.17. The second-order valence-electron chi connectivity index (χ2n) is 4.61. The summed E-state index contributed by atoms with van der Waals surface area (Å²) in [5.41, 5.74) is 0.644. The molecule has 0 saturated heterocycles. The topological polar surface area (TPSA) is 29.1 Å². The van der Waals surface area contributed by atoms with Crippen LogP contribution in [0.5, 0.6) is 0 Å². The zero-order valence-corrected chi connectivity index (χ0v) is 13.6. The number of alkyl halides is 1. The van der Waals surface area contributed by atoms with Gasteiger partial charge < -0.3 is 5.32 Å². The maximum atomic E-state index is 11.9. The molecule has 0 unspecified atom stereocenters. The summed E-state index contributed by atoms with van der Waals surface area (Å²) in [5.74, 6) is -0.0867. The molecule has 0 heterocycles. The Hall–Kier alpha value is -0.0600. The minimum absolute atomic E-state index is 0.0410. The molecule has 0 aliphatic carbocycles. The number of amides is 1. The summed E-state index contributed by atoms with van der Waals surface area (Å²) in [6.07, 6.45) is 0. The maximum absolute atomic E-state index is 11.9. The Morgan fingerprint density at radius 1 is 1.47 bits per heavy atom. The predicted octanol–water partition coefficient (Wildman–Crippen LogP) is 4.25. The van der Waals surface area contributed by atoms with Crippen molar-refractivity contribution >= 4 is 49.4 Å². The van der Waals surface area contributed by atoms with Crippen LogP contribution >= 0.6 is 43.5 Å². The molecule has 0 saturated carbocycles. The molecule has 0 fully saturated rings. The van der Waals surface area contributed by atoms with Crippen LogP contribution in [0, 0.1) is 5.41 Å². The Morgan fingerprint density at radius 2 is 2.12 bits per heavy atom. The van der Waals surface area contributed by atoms with E-state index in [1.54, 1.807) is 18.2 Å². The summed E-state index contributed by atoms with van der Waals surface area (Å²) < 4.78 is 0.728. The van der Waals surface area contributed by atoms with Crippen LogP contribution in [0.2, 0.25) is 5.02 Å². The average Bonchev–Trinajstić information content (AvgIpc) is 2.30. The molecular formula is C12H14Br2ClNO. The summed E-state index contributed by atoms with van der Waals surface area (Å²) in [6.45, 7) is 4.79. The standard InChI is InChI=1S/C12H14Br2ClNO/c1-12(2,6-13)7-16-11(17)8-3-4-10(15)9(14)5-8/h3-5H,6-7H2,1-2H3,(H,16,17). The Kier molecular flexibility index (Phi) is 5.48. The molecule has 0 aliphatic rings. The Balaban J connectivity index is 2.68. The van der Waals surface area contributed by atoms with Crippen molar-refractivity contribution in [2.45, 2.75) is 13.8 Å². The SMILES string of the molecule is CC(C)(CBr)CNC(=O)c1ccc(Cl)c(Br)c1. The number of carbonyl (C=O) groups excluding carboxylic acids is 1. The van der Waals surface area contributed by atoms with Gasteiger partial charge in [-0.3, -0.25) is 4.79 Å². The van der Waals surface area contributed by atoms with Crippen LogP contribution in [0.4, 0.5) is 0 Å². The largest absolute Gasteiger partial charge is 0.351 e. The van der Waals surface area contributed by atoms with E-state index < -0.39 is 0 Å². The Morgan fingerprint density at radius 3 is 2.65 bits per heavy atom. The molecule has 1 rings (SSSR count).